The number of imidazole rings is 1. The quantitative estimate of drug-likeness (QED) is 0.918. The van der Waals surface area contributed by atoms with Crippen LogP contribution in [0.25, 0.3) is 5.65 Å². The zero-order chi connectivity index (χ0) is 15.3. The standard InChI is InChI=1S/C15H23N5O/c1-14(2)9-20(10-15(3,4)21-14)13-12-17-6-7-19(12)8-11(16-5)18-13/h6-8,16H,9-10H2,1-5H3. The fourth-order valence-electron chi connectivity index (χ4n) is 3.19. The molecule has 3 rings (SSSR count). The minimum atomic E-state index is -0.220. The van der Waals surface area contributed by atoms with Gasteiger partial charge in [0.1, 0.15) is 5.82 Å². The molecule has 1 N–H and O–H groups in total. The first-order valence-electron chi connectivity index (χ1n) is 7.26. The third-order valence-electron chi connectivity index (χ3n) is 3.61. The summed E-state index contributed by atoms with van der Waals surface area (Å²) < 4.78 is 8.15. The number of hydrogen-bond donors (Lipinski definition) is 1. The van der Waals surface area contributed by atoms with Crippen molar-refractivity contribution in [1.29, 1.82) is 0 Å². The molecule has 6 nitrogen and oxygen atoms in total. The van der Waals surface area contributed by atoms with Crippen molar-refractivity contribution in [2.75, 3.05) is 30.4 Å². The minimum absolute atomic E-state index is 0.220. The molecule has 1 aliphatic heterocycles. The second kappa shape index (κ2) is 4.59. The van der Waals surface area contributed by atoms with Gasteiger partial charge in [0, 0.05) is 32.5 Å². The number of nitrogens with zero attached hydrogens (tertiary/aromatic N) is 4. The summed E-state index contributed by atoms with van der Waals surface area (Å²) in [5.41, 5.74) is 0.438. The van der Waals surface area contributed by atoms with Gasteiger partial charge in [0.15, 0.2) is 11.5 Å². The van der Waals surface area contributed by atoms with Gasteiger partial charge in [0.05, 0.1) is 17.4 Å². The molecule has 0 radical (unpaired) electrons. The second-order valence-electron chi connectivity index (χ2n) is 6.84. The van der Waals surface area contributed by atoms with Gasteiger partial charge >= 0.3 is 0 Å². The third kappa shape index (κ3) is 2.68. The minimum Gasteiger partial charge on any atom is -0.372 e. The van der Waals surface area contributed by atoms with Crippen LogP contribution >= 0.6 is 0 Å². The Morgan fingerprint density at radius 2 is 1.86 bits per heavy atom. The van der Waals surface area contributed by atoms with Gasteiger partial charge < -0.3 is 19.4 Å². The molecule has 1 aliphatic rings. The summed E-state index contributed by atoms with van der Waals surface area (Å²) >= 11 is 0. The van der Waals surface area contributed by atoms with Gasteiger partial charge in [-0.3, -0.25) is 0 Å². The van der Waals surface area contributed by atoms with Crippen LogP contribution in [0.5, 0.6) is 0 Å². The maximum absolute atomic E-state index is 6.15. The average molecular weight is 289 g/mol. The normalized spacial score (nSPS) is 20.7. The lowest BCUT2D eigenvalue weighted by atomic mass is 9.99. The first-order valence-corrected chi connectivity index (χ1v) is 7.26. The molecule has 0 amide bonds. The van der Waals surface area contributed by atoms with Crippen molar-refractivity contribution in [3.63, 3.8) is 0 Å². The first-order chi connectivity index (χ1) is 9.80. The highest BCUT2D eigenvalue weighted by molar-refractivity contribution is 5.67. The number of rotatable bonds is 2. The van der Waals surface area contributed by atoms with E-state index < -0.39 is 0 Å². The van der Waals surface area contributed by atoms with E-state index in [1.807, 2.05) is 23.8 Å². The van der Waals surface area contributed by atoms with E-state index in [-0.39, 0.29) is 11.2 Å². The molecule has 2 aromatic heterocycles. The van der Waals surface area contributed by atoms with E-state index in [4.69, 9.17) is 9.72 Å². The molecule has 0 saturated carbocycles. The summed E-state index contributed by atoms with van der Waals surface area (Å²) in [4.78, 5) is 11.4. The Labute approximate surface area is 125 Å². The van der Waals surface area contributed by atoms with Gasteiger partial charge in [-0.1, -0.05) is 0 Å². The van der Waals surface area contributed by atoms with E-state index in [1.54, 1.807) is 6.20 Å². The second-order valence-corrected chi connectivity index (χ2v) is 6.84. The highest BCUT2D eigenvalue weighted by Crippen LogP contribution is 2.32. The van der Waals surface area contributed by atoms with Crippen molar-refractivity contribution in [2.24, 2.45) is 0 Å². The highest BCUT2D eigenvalue weighted by Gasteiger charge is 2.39. The van der Waals surface area contributed by atoms with Crippen LogP contribution in [0.4, 0.5) is 11.6 Å². The Hall–Kier alpha value is -1.82. The van der Waals surface area contributed by atoms with Crippen molar-refractivity contribution >= 4 is 17.3 Å². The number of ether oxygens (including phenoxy) is 1. The summed E-state index contributed by atoms with van der Waals surface area (Å²) in [6.45, 7) is 10.0. The molecule has 0 bridgehead atoms. The molecular weight excluding hydrogens is 266 g/mol. The van der Waals surface area contributed by atoms with Gasteiger partial charge in [-0.25, -0.2) is 9.97 Å². The zero-order valence-corrected chi connectivity index (χ0v) is 13.3. The van der Waals surface area contributed by atoms with Crippen LogP contribution < -0.4 is 10.2 Å². The maximum atomic E-state index is 6.15. The Bertz CT molecular complexity index is 645. The van der Waals surface area contributed by atoms with Crippen molar-refractivity contribution < 1.29 is 4.74 Å². The molecule has 0 spiro atoms. The smallest absolute Gasteiger partial charge is 0.180 e. The van der Waals surface area contributed by atoms with Gasteiger partial charge in [-0.15, -0.1) is 0 Å². The number of hydrogen-bond acceptors (Lipinski definition) is 5. The average Bonchev–Trinajstić information content (AvgIpc) is 2.81. The number of morpholine rings is 1. The first kappa shape index (κ1) is 14.1. The van der Waals surface area contributed by atoms with Crippen molar-refractivity contribution in [3.8, 4) is 0 Å². The van der Waals surface area contributed by atoms with Crippen molar-refractivity contribution in [2.45, 2.75) is 38.9 Å². The lowest BCUT2D eigenvalue weighted by Gasteiger charge is -2.47. The fraction of sp³-hybridized carbons (Fsp3) is 0.600. The molecule has 0 aromatic carbocycles. The Morgan fingerprint density at radius 1 is 1.19 bits per heavy atom. The summed E-state index contributed by atoms with van der Waals surface area (Å²) in [5, 5.41) is 3.11. The van der Waals surface area contributed by atoms with Crippen LogP contribution in [-0.2, 0) is 4.74 Å². The Balaban J connectivity index is 2.08. The summed E-state index contributed by atoms with van der Waals surface area (Å²) in [7, 11) is 1.88. The van der Waals surface area contributed by atoms with E-state index in [1.165, 1.54) is 0 Å². The highest BCUT2D eigenvalue weighted by atomic mass is 16.5. The van der Waals surface area contributed by atoms with E-state index in [2.05, 4.69) is 42.9 Å². The molecule has 3 heterocycles. The van der Waals surface area contributed by atoms with Crippen LogP contribution in [0.2, 0.25) is 0 Å². The molecule has 1 saturated heterocycles. The summed E-state index contributed by atoms with van der Waals surface area (Å²) in [5.74, 6) is 1.73. The van der Waals surface area contributed by atoms with Gasteiger partial charge in [0.2, 0.25) is 0 Å². The number of anilines is 2. The fourth-order valence-corrected chi connectivity index (χ4v) is 3.19. The van der Waals surface area contributed by atoms with Crippen LogP contribution in [0.3, 0.4) is 0 Å². The molecule has 21 heavy (non-hydrogen) atoms. The Morgan fingerprint density at radius 3 is 2.48 bits per heavy atom. The number of fused-ring (bicyclic) bond motifs is 1. The topological polar surface area (TPSA) is 54.7 Å². The lowest BCUT2D eigenvalue weighted by molar-refractivity contribution is -0.133. The monoisotopic (exact) mass is 289 g/mol. The maximum Gasteiger partial charge on any atom is 0.180 e. The molecule has 0 aliphatic carbocycles. The summed E-state index contributed by atoms with van der Waals surface area (Å²) in [6.07, 6.45) is 5.69. The molecule has 1 fully saturated rings. The van der Waals surface area contributed by atoms with Crippen molar-refractivity contribution in [3.05, 3.63) is 18.6 Å². The van der Waals surface area contributed by atoms with Crippen molar-refractivity contribution in [1.82, 2.24) is 14.4 Å². The molecule has 0 atom stereocenters. The van der Waals surface area contributed by atoms with Crippen LogP contribution in [0.15, 0.2) is 18.6 Å². The van der Waals surface area contributed by atoms with Gasteiger partial charge in [-0.2, -0.15) is 0 Å². The predicted octanol–water partition coefficient (Wildman–Crippen LogP) is 2.16. The SMILES string of the molecule is CNc1cn2ccnc2c(N2CC(C)(C)OC(C)(C)C2)n1. The van der Waals surface area contributed by atoms with Crippen LogP contribution in [0, 0.1) is 0 Å². The Kier molecular flexibility index (Phi) is 3.09. The van der Waals surface area contributed by atoms with Gasteiger partial charge in [0.25, 0.3) is 0 Å². The third-order valence-corrected chi connectivity index (χ3v) is 3.61. The van der Waals surface area contributed by atoms with E-state index in [0.29, 0.717) is 0 Å². The van der Waals surface area contributed by atoms with E-state index in [0.717, 1.165) is 30.4 Å². The molecule has 114 valence electrons. The number of aromatic nitrogens is 3. The molecular formula is C15H23N5O. The van der Waals surface area contributed by atoms with Crippen LogP contribution in [-0.4, -0.2) is 45.7 Å². The molecule has 6 heteroatoms. The lowest BCUT2D eigenvalue weighted by Crippen LogP contribution is -2.57. The molecule has 0 unspecified atom stereocenters. The number of nitrogens with one attached hydrogen (secondary N) is 1. The van der Waals surface area contributed by atoms with Gasteiger partial charge in [-0.05, 0) is 27.7 Å². The van der Waals surface area contributed by atoms with E-state index >= 15 is 0 Å². The largest absolute Gasteiger partial charge is 0.372 e. The van der Waals surface area contributed by atoms with Crippen LogP contribution in [0.1, 0.15) is 27.7 Å². The summed E-state index contributed by atoms with van der Waals surface area (Å²) in [6, 6.07) is 0. The molecule has 2 aromatic rings. The zero-order valence-electron chi connectivity index (χ0n) is 13.3. The van der Waals surface area contributed by atoms with E-state index in [9.17, 15) is 0 Å². The predicted molar refractivity (Wildman–Crippen MR) is 84.0 cm³/mol.